The Labute approximate surface area is 203 Å². The number of rotatable bonds is 2. The molecule has 4 heterocycles. The van der Waals surface area contributed by atoms with Gasteiger partial charge in [0.25, 0.3) is 6.71 Å². The smallest absolute Gasteiger partial charge is 0.276 e. The van der Waals surface area contributed by atoms with Gasteiger partial charge in [-0.05, 0) is 71.3 Å². The maximum absolute atomic E-state index is 2.60. The van der Waals surface area contributed by atoms with E-state index in [2.05, 4.69) is 101 Å². The Morgan fingerprint density at radius 1 is 0.848 bits per heavy atom. The number of fused-ring (bicyclic) bond motifs is 4. The zero-order chi connectivity index (χ0) is 22.1. The molecule has 0 bridgehead atoms. The molecule has 1 aromatic carbocycles. The fraction of sp³-hybridized carbons (Fsp3) is 0.214. The number of hydrogen-bond acceptors (Lipinski definition) is 4. The van der Waals surface area contributed by atoms with Gasteiger partial charge in [-0.1, -0.05) is 50.3 Å². The molecule has 0 saturated carbocycles. The molecule has 33 heavy (non-hydrogen) atoms. The van der Waals surface area contributed by atoms with Crippen molar-refractivity contribution in [2.45, 2.75) is 26.7 Å². The van der Waals surface area contributed by atoms with Gasteiger partial charge in [-0.3, -0.25) is 0 Å². The van der Waals surface area contributed by atoms with Crippen molar-refractivity contribution in [1.82, 2.24) is 0 Å². The van der Waals surface area contributed by atoms with Gasteiger partial charge in [-0.2, -0.15) is 22.7 Å². The Balaban J connectivity index is 1.51. The second kappa shape index (κ2) is 7.38. The Morgan fingerprint density at radius 2 is 1.58 bits per heavy atom. The van der Waals surface area contributed by atoms with Crippen LogP contribution in [0.25, 0.3) is 0 Å². The van der Waals surface area contributed by atoms with Gasteiger partial charge < -0.3 is 9.80 Å². The van der Waals surface area contributed by atoms with Crippen LogP contribution >= 0.6 is 22.7 Å². The molecule has 0 fully saturated rings. The van der Waals surface area contributed by atoms with Crippen LogP contribution in [0.4, 0.5) is 17.1 Å². The van der Waals surface area contributed by atoms with E-state index in [9.17, 15) is 0 Å². The number of benzene rings is 1. The summed E-state index contributed by atoms with van der Waals surface area (Å²) in [5.74, 6) is 1.09. The molecule has 162 valence electrons. The molecule has 2 aromatic heterocycles. The number of para-hydroxylation sites is 1. The summed E-state index contributed by atoms with van der Waals surface area (Å²) in [6.45, 7) is 5.04. The fourth-order valence-electron chi connectivity index (χ4n) is 5.84. The molecule has 2 nitrogen and oxygen atoms in total. The van der Waals surface area contributed by atoms with E-state index in [1.54, 1.807) is 0 Å². The molecule has 4 aliphatic rings. The lowest BCUT2D eigenvalue weighted by Crippen LogP contribution is -2.56. The summed E-state index contributed by atoms with van der Waals surface area (Å²) in [7, 11) is 0. The van der Waals surface area contributed by atoms with Crippen LogP contribution in [0.5, 0.6) is 0 Å². The zero-order valence-corrected chi connectivity index (χ0v) is 20.5. The molecule has 0 amide bonds. The molecule has 7 rings (SSSR count). The molecule has 2 aliphatic heterocycles. The molecule has 0 spiro atoms. The normalized spacial score (nSPS) is 23.2. The summed E-state index contributed by atoms with van der Waals surface area (Å²) in [6, 6.07) is 15.6. The Kier molecular flexibility index (Phi) is 4.40. The highest BCUT2D eigenvalue weighted by Gasteiger charge is 2.48. The van der Waals surface area contributed by atoms with Crippen molar-refractivity contribution in [3.63, 3.8) is 0 Å². The Hall–Kier alpha value is -2.76. The molecule has 5 heteroatoms. The Bertz CT molecular complexity index is 1370. The van der Waals surface area contributed by atoms with E-state index >= 15 is 0 Å². The van der Waals surface area contributed by atoms with E-state index in [0.717, 1.165) is 12.8 Å². The van der Waals surface area contributed by atoms with E-state index in [4.69, 9.17) is 0 Å². The highest BCUT2D eigenvalue weighted by molar-refractivity contribution is 7.34. The highest BCUT2D eigenvalue weighted by atomic mass is 32.1. The summed E-state index contributed by atoms with van der Waals surface area (Å²) in [4.78, 5) is 5.10. The molecular weight excluding hydrogens is 439 g/mol. The number of hydrogen-bond donors (Lipinski definition) is 0. The van der Waals surface area contributed by atoms with Crippen LogP contribution in [-0.2, 0) is 0 Å². The van der Waals surface area contributed by atoms with Crippen LogP contribution in [-0.4, -0.2) is 6.71 Å². The first-order valence-electron chi connectivity index (χ1n) is 11.9. The minimum Gasteiger partial charge on any atom is -0.314 e. The first-order chi connectivity index (χ1) is 16.2. The minimum atomic E-state index is 0.335. The van der Waals surface area contributed by atoms with Crippen molar-refractivity contribution in [2.24, 2.45) is 11.8 Å². The highest BCUT2D eigenvalue weighted by Crippen LogP contribution is 2.49. The quantitative estimate of drug-likeness (QED) is 0.395. The first-order valence-corrected chi connectivity index (χ1v) is 13.6. The standard InChI is InChI=1S/C28H25BN2S2/c1-18-8-11-21(12-9-18)31-24-15-17-33-28(24)29-25-22(13-10-19(2)26(25)31)30(20-6-4-3-5-7-20)23-14-16-32-27(23)29/h3-8,11-19H,9-10H2,1-2H3. The maximum Gasteiger partial charge on any atom is 0.276 e. The average Bonchev–Trinajstić information content (AvgIpc) is 3.52. The zero-order valence-electron chi connectivity index (χ0n) is 18.9. The van der Waals surface area contributed by atoms with Gasteiger partial charge in [0.05, 0.1) is 11.4 Å². The van der Waals surface area contributed by atoms with Crippen molar-refractivity contribution in [2.75, 3.05) is 9.80 Å². The predicted octanol–water partition coefficient (Wildman–Crippen LogP) is 6.59. The second-order valence-corrected chi connectivity index (χ2v) is 11.4. The van der Waals surface area contributed by atoms with Crippen LogP contribution in [0.3, 0.4) is 0 Å². The van der Waals surface area contributed by atoms with E-state index in [1.165, 1.54) is 49.2 Å². The van der Waals surface area contributed by atoms with Crippen molar-refractivity contribution in [3.05, 3.63) is 100 Å². The largest absolute Gasteiger partial charge is 0.314 e. The third kappa shape index (κ3) is 2.79. The van der Waals surface area contributed by atoms with Crippen molar-refractivity contribution in [3.8, 4) is 0 Å². The van der Waals surface area contributed by atoms with E-state index in [0.29, 0.717) is 18.5 Å². The summed E-state index contributed by atoms with van der Waals surface area (Å²) in [5.41, 5.74) is 9.70. The van der Waals surface area contributed by atoms with E-state index in [1.807, 2.05) is 22.7 Å². The van der Waals surface area contributed by atoms with Crippen LogP contribution < -0.4 is 19.4 Å². The SMILES string of the molecule is CC1C=CC(N2C3=C4B(c5sccc52)c2sccc2N(c2ccccc2)C4=CCC3C)=CC1. The van der Waals surface area contributed by atoms with Gasteiger partial charge >= 0.3 is 0 Å². The van der Waals surface area contributed by atoms with Crippen LogP contribution in [0.15, 0.2) is 100 Å². The summed E-state index contributed by atoms with van der Waals surface area (Å²) < 4.78 is 2.96. The molecule has 0 saturated heterocycles. The molecule has 3 aromatic rings. The topological polar surface area (TPSA) is 6.48 Å². The van der Waals surface area contributed by atoms with Gasteiger partial charge in [0.15, 0.2) is 0 Å². The monoisotopic (exact) mass is 464 g/mol. The summed E-state index contributed by atoms with van der Waals surface area (Å²) >= 11 is 3.83. The number of allylic oxidation sites excluding steroid dienone is 6. The third-order valence-corrected chi connectivity index (χ3v) is 9.32. The van der Waals surface area contributed by atoms with Crippen LogP contribution in [0.2, 0.25) is 0 Å². The van der Waals surface area contributed by atoms with Crippen LogP contribution in [0.1, 0.15) is 26.7 Å². The number of anilines is 3. The van der Waals surface area contributed by atoms with Gasteiger partial charge in [-0.25, -0.2) is 0 Å². The van der Waals surface area contributed by atoms with Gasteiger partial charge in [0, 0.05) is 32.3 Å². The first kappa shape index (κ1) is 19.7. The third-order valence-electron chi connectivity index (χ3n) is 7.37. The average molecular weight is 464 g/mol. The number of nitrogens with zero attached hydrogens (tertiary/aromatic N) is 2. The molecule has 0 radical (unpaired) electrons. The van der Waals surface area contributed by atoms with E-state index in [-0.39, 0.29) is 0 Å². The van der Waals surface area contributed by atoms with E-state index < -0.39 is 0 Å². The molecule has 0 N–H and O–H groups in total. The second-order valence-electron chi connectivity index (χ2n) is 9.51. The molecule has 2 unspecified atom stereocenters. The van der Waals surface area contributed by atoms with Gasteiger partial charge in [-0.15, -0.1) is 0 Å². The molecular formula is C28H25BN2S2. The van der Waals surface area contributed by atoms with Crippen LogP contribution in [0, 0.1) is 11.8 Å². The lowest BCUT2D eigenvalue weighted by atomic mass is 9.37. The minimum absolute atomic E-state index is 0.335. The van der Waals surface area contributed by atoms with Crippen molar-refractivity contribution >= 4 is 56.0 Å². The fourth-order valence-corrected chi connectivity index (χ4v) is 7.91. The molecule has 2 atom stereocenters. The Morgan fingerprint density at radius 3 is 2.27 bits per heavy atom. The van der Waals surface area contributed by atoms with Gasteiger partial charge in [0.2, 0.25) is 0 Å². The maximum atomic E-state index is 2.60. The molecule has 2 aliphatic carbocycles. The van der Waals surface area contributed by atoms with Gasteiger partial charge in [0.1, 0.15) is 0 Å². The lowest BCUT2D eigenvalue weighted by Gasteiger charge is -2.47. The van der Waals surface area contributed by atoms with Crippen molar-refractivity contribution < 1.29 is 0 Å². The summed E-state index contributed by atoms with van der Waals surface area (Å²) in [6.07, 6.45) is 11.8. The van der Waals surface area contributed by atoms with Crippen molar-refractivity contribution in [1.29, 1.82) is 0 Å². The lowest BCUT2D eigenvalue weighted by molar-refractivity contribution is 0.648. The number of thiophene rings is 2. The summed E-state index contributed by atoms with van der Waals surface area (Å²) in [5, 5.41) is 4.56. The predicted molar refractivity (Wildman–Crippen MR) is 145 cm³/mol.